The van der Waals surface area contributed by atoms with Gasteiger partial charge in [0.2, 0.25) is 0 Å². The quantitative estimate of drug-likeness (QED) is 0.656. The predicted molar refractivity (Wildman–Crippen MR) is 68.5 cm³/mol. The van der Waals surface area contributed by atoms with Crippen molar-refractivity contribution >= 4 is 5.71 Å². The zero-order chi connectivity index (χ0) is 11.1. The van der Waals surface area contributed by atoms with E-state index in [4.69, 9.17) is 4.99 Å². The molecule has 1 aliphatic rings. The minimum Gasteiger partial charge on any atom is -0.289 e. The van der Waals surface area contributed by atoms with E-state index in [0.717, 1.165) is 6.54 Å². The maximum atomic E-state index is 4.74. The molecule has 0 N–H and O–H groups in total. The van der Waals surface area contributed by atoms with Gasteiger partial charge >= 0.3 is 0 Å². The van der Waals surface area contributed by atoms with Gasteiger partial charge in [-0.3, -0.25) is 4.99 Å². The highest BCUT2D eigenvalue weighted by atomic mass is 14.7. The SMILES string of the molecule is CC=C/C=C1/CCCCN=C1C(C)CC. The first-order valence-electron chi connectivity index (χ1n) is 6.16. The van der Waals surface area contributed by atoms with Crippen LogP contribution in [0.5, 0.6) is 0 Å². The molecule has 84 valence electrons. The molecular weight excluding hydrogens is 182 g/mol. The average molecular weight is 205 g/mol. The average Bonchev–Trinajstić information content (AvgIpc) is 2.50. The number of rotatable bonds is 3. The highest BCUT2D eigenvalue weighted by molar-refractivity contribution is 6.02. The molecule has 1 atom stereocenters. The van der Waals surface area contributed by atoms with Crippen molar-refractivity contribution < 1.29 is 0 Å². The fourth-order valence-electron chi connectivity index (χ4n) is 1.90. The summed E-state index contributed by atoms with van der Waals surface area (Å²) in [4.78, 5) is 4.74. The van der Waals surface area contributed by atoms with Gasteiger partial charge in [0.15, 0.2) is 0 Å². The lowest BCUT2D eigenvalue weighted by atomic mass is 9.93. The smallest absolute Gasteiger partial charge is 0.0408 e. The summed E-state index contributed by atoms with van der Waals surface area (Å²) in [6.45, 7) is 7.61. The molecule has 1 heteroatoms. The van der Waals surface area contributed by atoms with E-state index in [-0.39, 0.29) is 0 Å². The Bertz CT molecular complexity index is 271. The van der Waals surface area contributed by atoms with Gasteiger partial charge in [0.05, 0.1) is 0 Å². The van der Waals surface area contributed by atoms with Crippen molar-refractivity contribution in [2.45, 2.75) is 46.5 Å². The summed E-state index contributed by atoms with van der Waals surface area (Å²) in [5.41, 5.74) is 2.81. The number of hydrogen-bond acceptors (Lipinski definition) is 1. The molecule has 0 fully saturated rings. The Labute approximate surface area is 94.0 Å². The van der Waals surface area contributed by atoms with Crippen molar-refractivity contribution in [1.29, 1.82) is 0 Å². The molecule has 0 bridgehead atoms. The third kappa shape index (κ3) is 3.65. The standard InChI is InChI=1S/C14H23N/c1-4-6-9-13-10-7-8-11-15-14(13)12(3)5-2/h4,6,9,12H,5,7-8,10-11H2,1-3H3/b6-4?,13-9-. The normalized spacial score (nSPS) is 22.9. The molecular formula is C14H23N. The largest absolute Gasteiger partial charge is 0.289 e. The van der Waals surface area contributed by atoms with E-state index in [1.165, 1.54) is 37.0 Å². The Morgan fingerprint density at radius 2 is 2.20 bits per heavy atom. The Balaban J connectivity index is 2.88. The first kappa shape index (κ1) is 12.2. The van der Waals surface area contributed by atoms with Gasteiger partial charge in [0.1, 0.15) is 0 Å². The van der Waals surface area contributed by atoms with Crippen molar-refractivity contribution in [3.63, 3.8) is 0 Å². The van der Waals surface area contributed by atoms with Crippen LogP contribution in [-0.4, -0.2) is 12.3 Å². The van der Waals surface area contributed by atoms with Gasteiger partial charge in [-0.2, -0.15) is 0 Å². The fraction of sp³-hybridized carbons (Fsp3) is 0.643. The molecule has 0 saturated heterocycles. The number of nitrogens with zero attached hydrogens (tertiary/aromatic N) is 1. The molecule has 1 rings (SSSR count). The second-order valence-corrected chi connectivity index (χ2v) is 4.25. The van der Waals surface area contributed by atoms with E-state index in [1.807, 2.05) is 0 Å². The van der Waals surface area contributed by atoms with Gasteiger partial charge < -0.3 is 0 Å². The molecule has 0 radical (unpaired) electrons. The van der Waals surface area contributed by atoms with E-state index in [9.17, 15) is 0 Å². The molecule has 15 heavy (non-hydrogen) atoms. The second-order valence-electron chi connectivity index (χ2n) is 4.25. The van der Waals surface area contributed by atoms with Gasteiger partial charge in [0, 0.05) is 12.3 Å². The Morgan fingerprint density at radius 1 is 1.40 bits per heavy atom. The summed E-state index contributed by atoms with van der Waals surface area (Å²) in [6, 6.07) is 0. The topological polar surface area (TPSA) is 12.4 Å². The molecule has 1 nitrogen and oxygen atoms in total. The van der Waals surface area contributed by atoms with Crippen molar-refractivity contribution in [2.75, 3.05) is 6.54 Å². The highest BCUT2D eigenvalue weighted by Crippen LogP contribution is 2.21. The number of hydrogen-bond donors (Lipinski definition) is 0. The maximum absolute atomic E-state index is 4.74. The summed E-state index contributed by atoms with van der Waals surface area (Å²) < 4.78 is 0. The van der Waals surface area contributed by atoms with Gasteiger partial charge in [-0.25, -0.2) is 0 Å². The van der Waals surface area contributed by atoms with Crippen LogP contribution in [0, 0.1) is 5.92 Å². The van der Waals surface area contributed by atoms with Crippen LogP contribution in [0.25, 0.3) is 0 Å². The third-order valence-electron chi connectivity index (χ3n) is 3.03. The fourth-order valence-corrected chi connectivity index (χ4v) is 1.90. The minimum atomic E-state index is 0.611. The minimum absolute atomic E-state index is 0.611. The van der Waals surface area contributed by atoms with Crippen molar-refractivity contribution in [3.05, 3.63) is 23.8 Å². The molecule has 0 saturated carbocycles. The molecule has 0 aliphatic carbocycles. The van der Waals surface area contributed by atoms with E-state index in [1.54, 1.807) is 0 Å². The molecule has 0 amide bonds. The molecule has 0 aromatic heterocycles. The first-order chi connectivity index (χ1) is 7.29. The summed E-state index contributed by atoms with van der Waals surface area (Å²) in [5.74, 6) is 0.611. The highest BCUT2D eigenvalue weighted by Gasteiger charge is 2.15. The molecule has 1 aliphatic heterocycles. The van der Waals surface area contributed by atoms with E-state index >= 15 is 0 Å². The molecule has 1 heterocycles. The zero-order valence-corrected chi connectivity index (χ0v) is 10.3. The van der Waals surface area contributed by atoms with E-state index < -0.39 is 0 Å². The van der Waals surface area contributed by atoms with Crippen molar-refractivity contribution in [3.8, 4) is 0 Å². The molecule has 0 aromatic carbocycles. The lowest BCUT2D eigenvalue weighted by Crippen LogP contribution is -2.12. The zero-order valence-electron chi connectivity index (χ0n) is 10.3. The summed E-state index contributed by atoms with van der Waals surface area (Å²) in [5, 5.41) is 0. The van der Waals surface area contributed by atoms with Crippen LogP contribution in [0.4, 0.5) is 0 Å². The van der Waals surface area contributed by atoms with Crippen LogP contribution in [-0.2, 0) is 0 Å². The third-order valence-corrected chi connectivity index (χ3v) is 3.03. The van der Waals surface area contributed by atoms with Gasteiger partial charge in [-0.05, 0) is 44.1 Å². The summed E-state index contributed by atoms with van der Waals surface area (Å²) >= 11 is 0. The summed E-state index contributed by atoms with van der Waals surface area (Å²) in [7, 11) is 0. The first-order valence-corrected chi connectivity index (χ1v) is 6.16. The Morgan fingerprint density at radius 3 is 2.87 bits per heavy atom. The van der Waals surface area contributed by atoms with Crippen LogP contribution in [0.3, 0.4) is 0 Å². The van der Waals surface area contributed by atoms with Crippen LogP contribution in [0.2, 0.25) is 0 Å². The van der Waals surface area contributed by atoms with Crippen LogP contribution >= 0.6 is 0 Å². The van der Waals surface area contributed by atoms with Crippen LogP contribution < -0.4 is 0 Å². The van der Waals surface area contributed by atoms with Crippen molar-refractivity contribution in [2.24, 2.45) is 10.9 Å². The monoisotopic (exact) mass is 205 g/mol. The van der Waals surface area contributed by atoms with Gasteiger partial charge in [-0.1, -0.05) is 32.1 Å². The van der Waals surface area contributed by atoms with E-state index in [2.05, 4.69) is 39.0 Å². The second kappa shape index (κ2) is 6.60. The Kier molecular flexibility index (Phi) is 5.38. The van der Waals surface area contributed by atoms with E-state index in [0.29, 0.717) is 5.92 Å². The predicted octanol–water partition coefficient (Wildman–Crippen LogP) is 4.16. The van der Waals surface area contributed by atoms with Gasteiger partial charge in [0.25, 0.3) is 0 Å². The molecule has 1 unspecified atom stereocenters. The molecule has 0 spiro atoms. The number of aliphatic imine (C=N–C) groups is 1. The van der Waals surface area contributed by atoms with Crippen molar-refractivity contribution in [1.82, 2.24) is 0 Å². The lowest BCUT2D eigenvalue weighted by molar-refractivity contribution is 0.734. The van der Waals surface area contributed by atoms with Gasteiger partial charge in [-0.15, -0.1) is 0 Å². The molecule has 0 aromatic rings. The maximum Gasteiger partial charge on any atom is 0.0408 e. The van der Waals surface area contributed by atoms with Crippen LogP contribution in [0.15, 0.2) is 28.8 Å². The Hall–Kier alpha value is -0.850. The van der Waals surface area contributed by atoms with Crippen LogP contribution in [0.1, 0.15) is 46.5 Å². The summed E-state index contributed by atoms with van der Waals surface area (Å²) in [6.07, 6.45) is 11.4. The lowest BCUT2D eigenvalue weighted by Gasteiger charge is -2.14. The number of allylic oxidation sites excluding steroid dienone is 4.